The van der Waals surface area contributed by atoms with E-state index < -0.39 is 12.4 Å². The van der Waals surface area contributed by atoms with Crippen LogP contribution in [0.15, 0.2) is 78.0 Å². The van der Waals surface area contributed by atoms with E-state index in [9.17, 15) is 22.4 Å². The lowest BCUT2D eigenvalue weighted by Crippen LogP contribution is -2.34. The van der Waals surface area contributed by atoms with Crippen LogP contribution in [-0.4, -0.2) is 50.7 Å². The summed E-state index contributed by atoms with van der Waals surface area (Å²) in [6.07, 6.45) is -2.70. The number of amides is 2. The second-order valence-electron chi connectivity index (χ2n) is 10.5. The Balaban J connectivity index is 1.17. The molecule has 8 nitrogen and oxygen atoms in total. The molecule has 5 rings (SSSR count). The summed E-state index contributed by atoms with van der Waals surface area (Å²) < 4.78 is 56.5. The van der Waals surface area contributed by atoms with Crippen molar-refractivity contribution < 1.29 is 27.1 Å². The summed E-state index contributed by atoms with van der Waals surface area (Å²) in [7, 11) is 0. The number of amidine groups is 1. The van der Waals surface area contributed by atoms with Gasteiger partial charge in [0.2, 0.25) is 0 Å². The van der Waals surface area contributed by atoms with Crippen molar-refractivity contribution >= 4 is 28.6 Å². The van der Waals surface area contributed by atoms with Crippen LogP contribution in [0.4, 0.5) is 28.0 Å². The molecule has 1 aliphatic heterocycles. The molecule has 44 heavy (non-hydrogen) atoms. The van der Waals surface area contributed by atoms with Gasteiger partial charge in [0.15, 0.2) is 11.0 Å². The van der Waals surface area contributed by atoms with Crippen molar-refractivity contribution in [3.8, 4) is 22.8 Å². The highest BCUT2D eigenvalue weighted by Crippen LogP contribution is 2.36. The summed E-state index contributed by atoms with van der Waals surface area (Å²) in [5.74, 6) is 0.711. The van der Waals surface area contributed by atoms with E-state index in [1.54, 1.807) is 12.1 Å². The first kappa shape index (κ1) is 31.0. The maximum Gasteiger partial charge on any atom is 0.573 e. The van der Waals surface area contributed by atoms with E-state index in [1.807, 2.05) is 43.0 Å². The molecule has 0 spiro atoms. The van der Waals surface area contributed by atoms with Gasteiger partial charge in [-0.3, -0.25) is 0 Å². The number of carbonyl (C=O) groups is 1. The molecule has 13 heteroatoms. The van der Waals surface area contributed by atoms with Crippen molar-refractivity contribution in [2.24, 2.45) is 4.99 Å². The molecule has 1 fully saturated rings. The molecule has 3 aromatic carbocycles. The van der Waals surface area contributed by atoms with E-state index >= 15 is 0 Å². The second-order valence-corrected chi connectivity index (χ2v) is 11.5. The largest absolute Gasteiger partial charge is 0.573 e. The van der Waals surface area contributed by atoms with E-state index in [2.05, 4.69) is 32.1 Å². The molecule has 4 aromatic rings. The molecule has 1 aliphatic rings. The Morgan fingerprint density at radius 2 is 1.84 bits per heavy atom. The number of anilines is 1. The van der Waals surface area contributed by atoms with Gasteiger partial charge < -0.3 is 15.0 Å². The number of aliphatic imine (C=N–C) groups is 1. The molecule has 1 unspecified atom stereocenters. The first-order valence-corrected chi connectivity index (χ1v) is 14.9. The van der Waals surface area contributed by atoms with Crippen LogP contribution >= 0.6 is 11.8 Å². The van der Waals surface area contributed by atoms with Gasteiger partial charge in [-0.1, -0.05) is 49.9 Å². The van der Waals surface area contributed by atoms with Gasteiger partial charge in [-0.05, 0) is 72.9 Å². The molecule has 0 saturated carbocycles. The Kier molecular flexibility index (Phi) is 9.23. The van der Waals surface area contributed by atoms with Gasteiger partial charge in [0.1, 0.15) is 17.9 Å². The molecule has 1 N–H and O–H groups in total. The number of urea groups is 1. The quantitative estimate of drug-likeness (QED) is 0.206. The summed E-state index contributed by atoms with van der Waals surface area (Å²) in [5.41, 5.74) is 4.00. The molecular formula is C31H30F4N6O2S. The standard InChI is InChI=1S/C31H30F4N6O2S/c1-19(2)26-16-23(32)8-13-27(26)41-20(3)17-44-30(41)38-29(42)36-15-14-21-4-6-22(7-5-21)28-37-18-40(39-28)24-9-11-25(12-10-24)43-31(33,34)35/h4-13,16,18-20H,14-15,17H2,1-3H3,(H,36,42). The fraction of sp³-hybridized carbons (Fsp3) is 0.290. The van der Waals surface area contributed by atoms with Gasteiger partial charge in [0.05, 0.1) is 5.69 Å². The van der Waals surface area contributed by atoms with Crippen molar-refractivity contribution in [2.45, 2.75) is 45.5 Å². The minimum Gasteiger partial charge on any atom is -0.406 e. The molecule has 2 amide bonds. The SMILES string of the molecule is CC(C)c1cc(F)ccc1N1C(=NC(=O)NCCc2ccc(-c3ncn(-c4ccc(OC(F)(F)F)cc4)n3)cc2)SCC1C. The van der Waals surface area contributed by atoms with E-state index in [0.717, 1.165) is 28.1 Å². The molecule has 2 heterocycles. The Labute approximate surface area is 256 Å². The van der Waals surface area contributed by atoms with Crippen LogP contribution in [-0.2, 0) is 6.42 Å². The smallest absolute Gasteiger partial charge is 0.406 e. The lowest BCUT2D eigenvalue weighted by molar-refractivity contribution is -0.274. The number of hydrogen-bond donors (Lipinski definition) is 1. The van der Waals surface area contributed by atoms with Crippen LogP contribution in [0.3, 0.4) is 0 Å². The van der Waals surface area contributed by atoms with Gasteiger partial charge >= 0.3 is 12.4 Å². The zero-order chi connectivity index (χ0) is 31.4. The maximum absolute atomic E-state index is 13.9. The summed E-state index contributed by atoms with van der Waals surface area (Å²) in [5, 5.41) is 7.86. The van der Waals surface area contributed by atoms with Crippen LogP contribution in [0.2, 0.25) is 0 Å². The molecular weight excluding hydrogens is 596 g/mol. The van der Waals surface area contributed by atoms with Gasteiger partial charge in [-0.2, -0.15) is 4.99 Å². The topological polar surface area (TPSA) is 84.6 Å². The molecule has 1 aromatic heterocycles. The van der Waals surface area contributed by atoms with E-state index in [4.69, 9.17) is 0 Å². The number of nitrogens with one attached hydrogen (secondary N) is 1. The van der Waals surface area contributed by atoms with Crippen molar-refractivity contribution in [2.75, 3.05) is 17.2 Å². The second kappa shape index (κ2) is 13.1. The summed E-state index contributed by atoms with van der Waals surface area (Å²) in [6.45, 7) is 6.45. The number of nitrogens with zero attached hydrogens (tertiary/aromatic N) is 5. The molecule has 0 aliphatic carbocycles. The van der Waals surface area contributed by atoms with Crippen LogP contribution in [0.1, 0.15) is 37.8 Å². The number of carbonyl (C=O) groups excluding carboxylic acids is 1. The summed E-state index contributed by atoms with van der Waals surface area (Å²) in [6, 6.07) is 17.3. The number of halogens is 4. The van der Waals surface area contributed by atoms with Crippen molar-refractivity contribution in [1.82, 2.24) is 20.1 Å². The van der Waals surface area contributed by atoms with E-state index in [1.165, 1.54) is 53.1 Å². The van der Waals surface area contributed by atoms with Gasteiger partial charge in [0, 0.05) is 29.6 Å². The normalized spacial score (nSPS) is 16.1. The Hall–Kier alpha value is -4.39. The van der Waals surface area contributed by atoms with E-state index in [0.29, 0.717) is 29.6 Å². The van der Waals surface area contributed by atoms with Gasteiger partial charge in [0.25, 0.3) is 0 Å². The molecule has 1 atom stereocenters. The number of ether oxygens (including phenoxy) is 1. The zero-order valence-electron chi connectivity index (χ0n) is 24.2. The third-order valence-electron chi connectivity index (χ3n) is 6.90. The monoisotopic (exact) mass is 626 g/mol. The molecule has 230 valence electrons. The Morgan fingerprint density at radius 1 is 1.11 bits per heavy atom. The predicted octanol–water partition coefficient (Wildman–Crippen LogP) is 7.35. The van der Waals surface area contributed by atoms with Crippen LogP contribution in [0.25, 0.3) is 17.1 Å². The number of hydrogen-bond acceptors (Lipinski definition) is 5. The highest BCUT2D eigenvalue weighted by molar-refractivity contribution is 8.14. The lowest BCUT2D eigenvalue weighted by Gasteiger charge is -2.27. The van der Waals surface area contributed by atoms with Gasteiger partial charge in [-0.15, -0.1) is 18.3 Å². The van der Waals surface area contributed by atoms with Crippen molar-refractivity contribution in [3.63, 3.8) is 0 Å². The highest BCUT2D eigenvalue weighted by atomic mass is 32.2. The molecule has 1 saturated heterocycles. The number of rotatable bonds is 8. The molecule has 0 radical (unpaired) electrons. The Bertz CT molecular complexity index is 1640. The average Bonchev–Trinajstić information content (AvgIpc) is 3.60. The summed E-state index contributed by atoms with van der Waals surface area (Å²) in [4.78, 5) is 23.3. The maximum atomic E-state index is 13.9. The third-order valence-corrected chi connectivity index (χ3v) is 8.09. The zero-order valence-corrected chi connectivity index (χ0v) is 25.0. The number of benzene rings is 3. The Morgan fingerprint density at radius 3 is 2.52 bits per heavy atom. The molecule has 0 bridgehead atoms. The number of aromatic nitrogens is 3. The fourth-order valence-corrected chi connectivity index (χ4v) is 5.85. The predicted molar refractivity (Wildman–Crippen MR) is 163 cm³/mol. The fourth-order valence-electron chi connectivity index (χ4n) is 4.74. The lowest BCUT2D eigenvalue weighted by atomic mass is 10.00. The number of thioether (sulfide) groups is 1. The van der Waals surface area contributed by atoms with Crippen molar-refractivity contribution in [1.29, 1.82) is 0 Å². The number of alkyl halides is 3. The van der Waals surface area contributed by atoms with Crippen molar-refractivity contribution in [3.05, 3.63) is 90.0 Å². The van der Waals surface area contributed by atoms with E-state index in [-0.39, 0.29) is 23.5 Å². The van der Waals surface area contributed by atoms with Crippen LogP contribution < -0.4 is 15.0 Å². The minimum absolute atomic E-state index is 0.104. The van der Waals surface area contributed by atoms with Crippen LogP contribution in [0.5, 0.6) is 5.75 Å². The average molecular weight is 627 g/mol. The summed E-state index contributed by atoms with van der Waals surface area (Å²) >= 11 is 1.50. The minimum atomic E-state index is -4.76. The first-order valence-electron chi connectivity index (χ1n) is 13.9. The highest BCUT2D eigenvalue weighted by Gasteiger charge is 2.32. The third kappa shape index (κ3) is 7.57. The van der Waals surface area contributed by atoms with Gasteiger partial charge in [-0.25, -0.2) is 18.9 Å². The first-order chi connectivity index (χ1) is 21.0. The van der Waals surface area contributed by atoms with Crippen LogP contribution in [0, 0.1) is 5.82 Å².